The Labute approximate surface area is 194 Å². The molecule has 0 atom stereocenters. The summed E-state index contributed by atoms with van der Waals surface area (Å²) in [5.74, 6) is 0.506. The van der Waals surface area contributed by atoms with Crippen molar-refractivity contribution in [2.75, 3.05) is 18.5 Å². The molecule has 4 rings (SSSR count). The second-order valence-corrected chi connectivity index (χ2v) is 11.0. The Kier molecular flexibility index (Phi) is 7.03. The first-order valence-electron chi connectivity index (χ1n) is 10.9. The summed E-state index contributed by atoms with van der Waals surface area (Å²) in [6.45, 7) is 5.55. The van der Waals surface area contributed by atoms with Crippen molar-refractivity contribution >= 4 is 32.7 Å². The van der Waals surface area contributed by atoms with Gasteiger partial charge in [0.05, 0.1) is 16.8 Å². The second-order valence-electron chi connectivity index (χ2n) is 8.22. The summed E-state index contributed by atoms with van der Waals surface area (Å²) in [5.41, 5.74) is 6.95. The normalized spacial score (nSPS) is 15.5. The third-order valence-corrected chi connectivity index (χ3v) is 8.24. The SMILES string of the molecule is CC(C)c1ccc(/C=N/Nc2nc(-c3ccc(S(=O)(=O)N4CCCCC4)cc3)cs2)cc1. The van der Waals surface area contributed by atoms with Gasteiger partial charge in [0.25, 0.3) is 0 Å². The topological polar surface area (TPSA) is 74.7 Å². The Morgan fingerprint density at radius 3 is 2.38 bits per heavy atom. The quantitative estimate of drug-likeness (QED) is 0.364. The maximum Gasteiger partial charge on any atom is 0.243 e. The Balaban J connectivity index is 1.40. The molecule has 1 aliphatic heterocycles. The first kappa shape index (κ1) is 22.6. The molecule has 3 aromatic rings. The lowest BCUT2D eigenvalue weighted by Gasteiger charge is -2.25. The summed E-state index contributed by atoms with van der Waals surface area (Å²) in [5, 5.41) is 6.89. The third-order valence-electron chi connectivity index (χ3n) is 5.58. The molecule has 0 saturated carbocycles. The van der Waals surface area contributed by atoms with E-state index in [1.807, 2.05) is 29.6 Å². The lowest BCUT2D eigenvalue weighted by molar-refractivity contribution is 0.346. The molecule has 1 saturated heterocycles. The molecular weight excluding hydrogens is 440 g/mol. The van der Waals surface area contributed by atoms with Crippen LogP contribution in [0.5, 0.6) is 0 Å². The van der Waals surface area contributed by atoms with Crippen LogP contribution in [-0.4, -0.2) is 37.0 Å². The van der Waals surface area contributed by atoms with Gasteiger partial charge in [-0.15, -0.1) is 11.3 Å². The summed E-state index contributed by atoms with van der Waals surface area (Å²) < 4.78 is 27.2. The molecule has 0 spiro atoms. The maximum atomic E-state index is 12.8. The van der Waals surface area contributed by atoms with Crippen molar-refractivity contribution in [2.24, 2.45) is 5.10 Å². The number of hydrazone groups is 1. The highest BCUT2D eigenvalue weighted by Crippen LogP contribution is 2.27. The van der Waals surface area contributed by atoms with Crippen LogP contribution >= 0.6 is 11.3 Å². The highest BCUT2D eigenvalue weighted by atomic mass is 32.2. The molecule has 0 aliphatic carbocycles. The molecule has 8 heteroatoms. The first-order chi connectivity index (χ1) is 15.4. The number of benzene rings is 2. The number of anilines is 1. The van der Waals surface area contributed by atoms with Crippen LogP contribution in [0.15, 0.2) is 63.9 Å². The Hall–Kier alpha value is -2.55. The van der Waals surface area contributed by atoms with Crippen LogP contribution in [0.4, 0.5) is 5.13 Å². The van der Waals surface area contributed by atoms with Crippen LogP contribution in [0.1, 0.15) is 50.2 Å². The summed E-state index contributed by atoms with van der Waals surface area (Å²) in [7, 11) is -3.42. The van der Waals surface area contributed by atoms with Gasteiger partial charge in [0.2, 0.25) is 15.2 Å². The number of nitrogens with zero attached hydrogens (tertiary/aromatic N) is 3. The van der Waals surface area contributed by atoms with E-state index in [0.717, 1.165) is 36.1 Å². The highest BCUT2D eigenvalue weighted by molar-refractivity contribution is 7.89. The predicted molar refractivity (Wildman–Crippen MR) is 132 cm³/mol. The van der Waals surface area contributed by atoms with Crippen LogP contribution < -0.4 is 5.43 Å². The molecule has 1 aromatic heterocycles. The fourth-order valence-electron chi connectivity index (χ4n) is 3.64. The molecule has 1 fully saturated rings. The van der Waals surface area contributed by atoms with Crippen LogP contribution in [-0.2, 0) is 10.0 Å². The molecule has 1 N–H and O–H groups in total. The fourth-order valence-corrected chi connectivity index (χ4v) is 5.82. The summed E-state index contributed by atoms with van der Waals surface area (Å²) in [6, 6.07) is 15.3. The molecule has 168 valence electrons. The largest absolute Gasteiger partial charge is 0.253 e. The molecule has 0 radical (unpaired) electrons. The number of hydrogen-bond acceptors (Lipinski definition) is 6. The second kappa shape index (κ2) is 9.94. The van der Waals surface area contributed by atoms with Gasteiger partial charge >= 0.3 is 0 Å². The van der Waals surface area contributed by atoms with Crippen LogP contribution in [0.25, 0.3) is 11.3 Å². The van der Waals surface area contributed by atoms with Gasteiger partial charge in [-0.05, 0) is 42.0 Å². The lowest BCUT2D eigenvalue weighted by Crippen LogP contribution is -2.35. The van der Waals surface area contributed by atoms with Crippen molar-refractivity contribution in [3.05, 3.63) is 65.0 Å². The number of sulfonamides is 1. The van der Waals surface area contributed by atoms with Crippen molar-refractivity contribution in [2.45, 2.75) is 43.9 Å². The minimum atomic E-state index is -3.42. The van der Waals surface area contributed by atoms with E-state index in [1.165, 1.54) is 16.9 Å². The summed E-state index contributed by atoms with van der Waals surface area (Å²) in [4.78, 5) is 4.90. The molecule has 32 heavy (non-hydrogen) atoms. The number of piperidine rings is 1. The van der Waals surface area contributed by atoms with Gasteiger partial charge in [0, 0.05) is 24.0 Å². The van der Waals surface area contributed by atoms with Crippen LogP contribution in [0, 0.1) is 0 Å². The zero-order valence-corrected chi connectivity index (χ0v) is 20.0. The third kappa shape index (κ3) is 5.26. The molecule has 2 aromatic carbocycles. The first-order valence-corrected chi connectivity index (χ1v) is 13.2. The van der Waals surface area contributed by atoms with E-state index >= 15 is 0 Å². The van der Waals surface area contributed by atoms with Crippen molar-refractivity contribution in [1.82, 2.24) is 9.29 Å². The minimum absolute atomic E-state index is 0.338. The van der Waals surface area contributed by atoms with Crippen molar-refractivity contribution in [1.29, 1.82) is 0 Å². The van der Waals surface area contributed by atoms with E-state index in [0.29, 0.717) is 29.0 Å². The molecular formula is C24H28N4O2S2. The molecule has 0 bridgehead atoms. The summed E-state index contributed by atoms with van der Waals surface area (Å²) >= 11 is 1.46. The van der Waals surface area contributed by atoms with Crippen molar-refractivity contribution < 1.29 is 8.42 Å². The van der Waals surface area contributed by atoms with Crippen LogP contribution in [0.2, 0.25) is 0 Å². The number of nitrogens with one attached hydrogen (secondary N) is 1. The molecule has 0 unspecified atom stereocenters. The Morgan fingerprint density at radius 2 is 1.72 bits per heavy atom. The molecule has 0 amide bonds. The smallest absolute Gasteiger partial charge is 0.243 e. The average molecular weight is 469 g/mol. The van der Waals surface area contributed by atoms with Crippen LogP contribution in [0.3, 0.4) is 0 Å². The van der Waals surface area contributed by atoms with E-state index in [4.69, 9.17) is 0 Å². The number of hydrogen-bond donors (Lipinski definition) is 1. The van der Waals surface area contributed by atoms with Gasteiger partial charge in [-0.25, -0.2) is 13.4 Å². The number of thiazole rings is 1. The van der Waals surface area contributed by atoms with Gasteiger partial charge in [-0.3, -0.25) is 5.43 Å². The standard InChI is InChI=1S/C24H28N4O2S2/c1-18(2)20-8-6-19(7-9-20)16-25-27-24-26-23(17-31-24)21-10-12-22(13-11-21)32(29,30)28-14-4-3-5-15-28/h6-13,16-18H,3-5,14-15H2,1-2H3,(H,26,27)/b25-16+. The van der Waals surface area contributed by atoms with Gasteiger partial charge in [0.15, 0.2) is 0 Å². The van der Waals surface area contributed by atoms with Gasteiger partial charge in [-0.1, -0.05) is 56.7 Å². The minimum Gasteiger partial charge on any atom is -0.253 e. The van der Waals surface area contributed by atoms with Crippen molar-refractivity contribution in [3.8, 4) is 11.3 Å². The molecule has 1 aliphatic rings. The van der Waals surface area contributed by atoms with E-state index in [2.05, 4.69) is 41.5 Å². The summed E-state index contributed by atoms with van der Waals surface area (Å²) in [6.07, 6.45) is 4.72. The molecule has 6 nitrogen and oxygen atoms in total. The van der Waals surface area contributed by atoms with E-state index in [-0.39, 0.29) is 0 Å². The Bertz CT molecular complexity index is 1160. The fraction of sp³-hybridized carbons (Fsp3) is 0.333. The highest BCUT2D eigenvalue weighted by Gasteiger charge is 2.25. The Morgan fingerprint density at radius 1 is 1.03 bits per heavy atom. The van der Waals surface area contributed by atoms with E-state index in [1.54, 1.807) is 22.7 Å². The lowest BCUT2D eigenvalue weighted by atomic mass is 10.0. The van der Waals surface area contributed by atoms with E-state index < -0.39 is 10.0 Å². The molecule has 2 heterocycles. The van der Waals surface area contributed by atoms with E-state index in [9.17, 15) is 8.42 Å². The van der Waals surface area contributed by atoms with Gasteiger partial charge in [-0.2, -0.15) is 9.41 Å². The monoisotopic (exact) mass is 468 g/mol. The van der Waals surface area contributed by atoms with Crippen molar-refractivity contribution in [3.63, 3.8) is 0 Å². The number of rotatable bonds is 7. The zero-order valence-electron chi connectivity index (χ0n) is 18.4. The van der Waals surface area contributed by atoms with Gasteiger partial charge in [0.1, 0.15) is 0 Å². The van der Waals surface area contributed by atoms with Gasteiger partial charge < -0.3 is 0 Å². The number of aromatic nitrogens is 1. The average Bonchev–Trinajstić information content (AvgIpc) is 3.29. The zero-order chi connectivity index (χ0) is 22.6. The maximum absolute atomic E-state index is 12.8. The predicted octanol–water partition coefficient (Wildman–Crippen LogP) is 5.55.